The van der Waals surface area contributed by atoms with Crippen LogP contribution in [0.15, 0.2) is 48.5 Å². The molecule has 0 atom stereocenters. The van der Waals surface area contributed by atoms with E-state index in [1.54, 1.807) is 24.3 Å². The number of carbonyl (C=O) groups is 2. The summed E-state index contributed by atoms with van der Waals surface area (Å²) in [5.41, 5.74) is 2.86. The molecule has 2 aliphatic heterocycles. The molecule has 146 valence electrons. The number of rotatable bonds is 4. The molecule has 0 saturated carbocycles. The minimum absolute atomic E-state index is 0.0219. The van der Waals surface area contributed by atoms with Crippen molar-refractivity contribution in [1.82, 2.24) is 4.90 Å². The standard InChI is InChI=1S/C22H25N3O3/c1-16(26)23-17-6-8-18(9-7-17)24-21(27)14-25-12-10-22(11-13-25)15-28-20-5-3-2-4-19(20)22/h2-9H,10-15H2,1H3,(H,23,26)(H,24,27). The second-order valence-corrected chi connectivity index (χ2v) is 7.65. The van der Waals surface area contributed by atoms with E-state index in [2.05, 4.69) is 27.7 Å². The molecular weight excluding hydrogens is 354 g/mol. The zero-order chi connectivity index (χ0) is 19.6. The summed E-state index contributed by atoms with van der Waals surface area (Å²) < 4.78 is 5.90. The predicted molar refractivity (Wildman–Crippen MR) is 109 cm³/mol. The maximum Gasteiger partial charge on any atom is 0.238 e. The number of piperidine rings is 1. The van der Waals surface area contributed by atoms with Crippen LogP contribution in [-0.2, 0) is 15.0 Å². The molecule has 0 unspecified atom stereocenters. The molecule has 2 aromatic rings. The SMILES string of the molecule is CC(=O)Nc1ccc(NC(=O)CN2CCC3(CC2)COc2ccccc23)cc1. The van der Waals surface area contributed by atoms with Crippen molar-refractivity contribution in [2.45, 2.75) is 25.2 Å². The van der Waals surface area contributed by atoms with E-state index in [0.717, 1.165) is 44.0 Å². The Labute approximate surface area is 164 Å². The number of carbonyl (C=O) groups excluding carboxylic acids is 2. The van der Waals surface area contributed by atoms with Gasteiger partial charge in [0.2, 0.25) is 11.8 Å². The van der Waals surface area contributed by atoms with Crippen LogP contribution in [0.4, 0.5) is 11.4 Å². The average Bonchev–Trinajstić information content (AvgIpc) is 3.04. The van der Waals surface area contributed by atoms with Gasteiger partial charge in [0.05, 0.1) is 13.2 Å². The molecule has 6 nitrogen and oxygen atoms in total. The van der Waals surface area contributed by atoms with Gasteiger partial charge in [-0.3, -0.25) is 14.5 Å². The molecule has 6 heteroatoms. The molecule has 2 amide bonds. The van der Waals surface area contributed by atoms with Gasteiger partial charge in [0.1, 0.15) is 5.75 Å². The van der Waals surface area contributed by atoms with Gasteiger partial charge in [0, 0.05) is 29.3 Å². The molecule has 1 saturated heterocycles. The molecule has 2 aromatic carbocycles. The number of fused-ring (bicyclic) bond motifs is 2. The van der Waals surface area contributed by atoms with Crippen LogP contribution < -0.4 is 15.4 Å². The third-order valence-corrected chi connectivity index (χ3v) is 5.63. The molecule has 2 heterocycles. The summed E-state index contributed by atoms with van der Waals surface area (Å²) in [5, 5.41) is 5.64. The summed E-state index contributed by atoms with van der Waals surface area (Å²) in [6.07, 6.45) is 2.01. The zero-order valence-corrected chi connectivity index (χ0v) is 16.0. The van der Waals surface area contributed by atoms with E-state index < -0.39 is 0 Å². The number of nitrogens with one attached hydrogen (secondary N) is 2. The normalized spacial score (nSPS) is 17.6. The molecule has 0 bridgehead atoms. The molecule has 0 aliphatic carbocycles. The largest absolute Gasteiger partial charge is 0.492 e. The van der Waals surface area contributed by atoms with Crippen molar-refractivity contribution in [2.75, 3.05) is 36.9 Å². The lowest BCUT2D eigenvalue weighted by atomic mass is 9.74. The molecule has 1 spiro atoms. The van der Waals surface area contributed by atoms with Crippen LogP contribution in [0.25, 0.3) is 0 Å². The highest BCUT2D eigenvalue weighted by molar-refractivity contribution is 5.93. The first kappa shape index (κ1) is 18.5. The van der Waals surface area contributed by atoms with Gasteiger partial charge in [0.25, 0.3) is 0 Å². The van der Waals surface area contributed by atoms with Gasteiger partial charge >= 0.3 is 0 Å². The highest BCUT2D eigenvalue weighted by Crippen LogP contribution is 2.45. The first-order valence-corrected chi connectivity index (χ1v) is 9.66. The van der Waals surface area contributed by atoms with Gasteiger partial charge in [-0.25, -0.2) is 0 Å². The lowest BCUT2D eigenvalue weighted by Gasteiger charge is -2.38. The lowest BCUT2D eigenvalue weighted by Crippen LogP contribution is -2.46. The number of nitrogens with zero attached hydrogens (tertiary/aromatic N) is 1. The van der Waals surface area contributed by atoms with E-state index in [1.807, 2.05) is 12.1 Å². The van der Waals surface area contributed by atoms with Crippen LogP contribution in [0.3, 0.4) is 0 Å². The van der Waals surface area contributed by atoms with Crippen molar-refractivity contribution in [3.05, 3.63) is 54.1 Å². The second-order valence-electron chi connectivity index (χ2n) is 7.65. The minimum Gasteiger partial charge on any atom is -0.492 e. The molecule has 1 fully saturated rings. The first-order valence-electron chi connectivity index (χ1n) is 9.66. The topological polar surface area (TPSA) is 70.7 Å². The second kappa shape index (κ2) is 7.64. The number of likely N-dealkylation sites (tertiary alicyclic amines) is 1. The van der Waals surface area contributed by atoms with E-state index in [-0.39, 0.29) is 17.2 Å². The lowest BCUT2D eigenvalue weighted by molar-refractivity contribution is -0.117. The van der Waals surface area contributed by atoms with Crippen LogP contribution in [0.2, 0.25) is 0 Å². The van der Waals surface area contributed by atoms with E-state index in [9.17, 15) is 9.59 Å². The third kappa shape index (κ3) is 3.87. The van der Waals surface area contributed by atoms with Gasteiger partial charge < -0.3 is 15.4 Å². The van der Waals surface area contributed by atoms with Crippen LogP contribution >= 0.6 is 0 Å². The van der Waals surface area contributed by atoms with E-state index in [1.165, 1.54) is 12.5 Å². The van der Waals surface area contributed by atoms with Crippen molar-refractivity contribution >= 4 is 23.2 Å². The Bertz CT molecular complexity index is 871. The number of para-hydroxylation sites is 1. The summed E-state index contributed by atoms with van der Waals surface area (Å²) in [6.45, 7) is 4.35. The minimum atomic E-state index is -0.116. The van der Waals surface area contributed by atoms with Crippen LogP contribution in [0, 0.1) is 0 Å². The van der Waals surface area contributed by atoms with Crippen LogP contribution in [0.5, 0.6) is 5.75 Å². The fourth-order valence-electron chi connectivity index (χ4n) is 4.12. The maximum absolute atomic E-state index is 12.4. The van der Waals surface area contributed by atoms with E-state index in [4.69, 9.17) is 4.74 Å². The van der Waals surface area contributed by atoms with E-state index in [0.29, 0.717) is 12.2 Å². The maximum atomic E-state index is 12.4. The third-order valence-electron chi connectivity index (χ3n) is 5.63. The molecule has 4 rings (SSSR count). The fraction of sp³-hybridized carbons (Fsp3) is 0.364. The van der Waals surface area contributed by atoms with Gasteiger partial charge in [-0.2, -0.15) is 0 Å². The van der Waals surface area contributed by atoms with E-state index >= 15 is 0 Å². The fourth-order valence-corrected chi connectivity index (χ4v) is 4.12. The van der Waals surface area contributed by atoms with Gasteiger partial charge in [-0.05, 0) is 56.3 Å². The van der Waals surface area contributed by atoms with Crippen LogP contribution in [-0.4, -0.2) is 43.0 Å². The van der Waals surface area contributed by atoms with Crippen LogP contribution in [0.1, 0.15) is 25.3 Å². The Morgan fingerprint density at radius 1 is 1.00 bits per heavy atom. The summed E-state index contributed by atoms with van der Waals surface area (Å²) in [7, 11) is 0. The number of amides is 2. The molecular formula is C22H25N3O3. The highest BCUT2D eigenvalue weighted by Gasteiger charge is 2.42. The monoisotopic (exact) mass is 379 g/mol. The molecule has 2 N–H and O–H groups in total. The molecule has 28 heavy (non-hydrogen) atoms. The zero-order valence-electron chi connectivity index (χ0n) is 16.0. The Morgan fingerprint density at radius 3 is 2.32 bits per heavy atom. The average molecular weight is 379 g/mol. The van der Waals surface area contributed by atoms with Crippen molar-refractivity contribution in [3.63, 3.8) is 0 Å². The smallest absolute Gasteiger partial charge is 0.238 e. The molecule has 0 radical (unpaired) electrons. The Morgan fingerprint density at radius 2 is 1.64 bits per heavy atom. The predicted octanol–water partition coefficient (Wildman–Crippen LogP) is 3.01. The van der Waals surface area contributed by atoms with Crippen molar-refractivity contribution in [2.24, 2.45) is 0 Å². The number of benzene rings is 2. The number of anilines is 2. The molecule has 2 aliphatic rings. The number of ether oxygens (including phenoxy) is 1. The summed E-state index contributed by atoms with van der Waals surface area (Å²) in [6, 6.07) is 15.4. The quantitative estimate of drug-likeness (QED) is 0.857. The summed E-state index contributed by atoms with van der Waals surface area (Å²) in [4.78, 5) is 25.7. The summed E-state index contributed by atoms with van der Waals surface area (Å²) in [5.74, 6) is 0.873. The Balaban J connectivity index is 1.29. The van der Waals surface area contributed by atoms with Gasteiger partial charge in [-0.1, -0.05) is 18.2 Å². The van der Waals surface area contributed by atoms with Gasteiger partial charge in [0.15, 0.2) is 0 Å². The first-order chi connectivity index (χ1) is 13.5. The van der Waals surface area contributed by atoms with Crippen molar-refractivity contribution < 1.29 is 14.3 Å². The number of hydrogen-bond acceptors (Lipinski definition) is 4. The Kier molecular flexibility index (Phi) is 5.05. The van der Waals surface area contributed by atoms with Crippen molar-refractivity contribution in [1.29, 1.82) is 0 Å². The Hall–Kier alpha value is -2.86. The molecule has 0 aromatic heterocycles. The highest BCUT2D eigenvalue weighted by atomic mass is 16.5. The summed E-state index contributed by atoms with van der Waals surface area (Å²) >= 11 is 0. The number of hydrogen-bond donors (Lipinski definition) is 2. The van der Waals surface area contributed by atoms with Crippen molar-refractivity contribution in [3.8, 4) is 5.75 Å². The van der Waals surface area contributed by atoms with Gasteiger partial charge in [-0.15, -0.1) is 0 Å².